The zero-order valence-electron chi connectivity index (χ0n) is 18.3. The number of amides is 1. The first-order valence-corrected chi connectivity index (χ1v) is 12.1. The van der Waals surface area contributed by atoms with Crippen LogP contribution < -0.4 is 14.8 Å². The number of nitrogens with one attached hydrogen (secondary N) is 1. The Morgan fingerprint density at radius 2 is 1.88 bits per heavy atom. The average molecular weight is 463 g/mol. The van der Waals surface area contributed by atoms with Gasteiger partial charge in [0.2, 0.25) is 12.7 Å². The minimum atomic E-state index is 0.0185. The monoisotopic (exact) mass is 462 g/mol. The lowest BCUT2D eigenvalue weighted by atomic mass is 10.1. The zero-order chi connectivity index (χ0) is 22.5. The fourth-order valence-corrected chi connectivity index (χ4v) is 4.75. The number of thioether (sulfide) groups is 1. The summed E-state index contributed by atoms with van der Waals surface area (Å²) in [5.74, 6) is 2.44. The van der Waals surface area contributed by atoms with Gasteiger partial charge in [-0.1, -0.05) is 48.2 Å². The molecule has 3 heterocycles. The van der Waals surface area contributed by atoms with Gasteiger partial charge in [0, 0.05) is 37.6 Å². The minimum Gasteiger partial charge on any atom is -0.454 e. The molecule has 1 amide bonds. The lowest BCUT2D eigenvalue weighted by Gasteiger charge is -2.16. The van der Waals surface area contributed by atoms with Crippen molar-refractivity contribution in [3.8, 4) is 22.6 Å². The lowest BCUT2D eigenvalue weighted by molar-refractivity contribution is -0.118. The number of carbonyl (C=O) groups excluding carboxylic acids is 1. The molecule has 0 aliphatic carbocycles. The predicted molar refractivity (Wildman–Crippen MR) is 127 cm³/mol. The third-order valence-electron chi connectivity index (χ3n) is 5.87. The summed E-state index contributed by atoms with van der Waals surface area (Å²) in [6.45, 7) is 3.89. The molecule has 8 heteroatoms. The number of hydrogen-bond donors (Lipinski definition) is 1. The molecule has 33 heavy (non-hydrogen) atoms. The van der Waals surface area contributed by atoms with Crippen LogP contribution in [0.3, 0.4) is 0 Å². The van der Waals surface area contributed by atoms with E-state index in [0.717, 1.165) is 48.7 Å². The number of ether oxygens (including phenoxy) is 2. The van der Waals surface area contributed by atoms with Gasteiger partial charge in [-0.05, 0) is 42.1 Å². The van der Waals surface area contributed by atoms with E-state index in [-0.39, 0.29) is 5.91 Å². The van der Waals surface area contributed by atoms with E-state index >= 15 is 0 Å². The van der Waals surface area contributed by atoms with Gasteiger partial charge >= 0.3 is 0 Å². The van der Waals surface area contributed by atoms with E-state index in [2.05, 4.69) is 32.3 Å². The molecule has 1 saturated heterocycles. The highest BCUT2D eigenvalue weighted by Gasteiger charge is 2.23. The van der Waals surface area contributed by atoms with Gasteiger partial charge in [-0.25, -0.2) is 9.97 Å². The van der Waals surface area contributed by atoms with Gasteiger partial charge in [-0.2, -0.15) is 0 Å². The Hall–Kier alpha value is -3.10. The van der Waals surface area contributed by atoms with Crippen LogP contribution in [0, 0.1) is 5.92 Å². The van der Waals surface area contributed by atoms with E-state index in [1.807, 2.05) is 36.4 Å². The van der Waals surface area contributed by atoms with Crippen molar-refractivity contribution in [1.29, 1.82) is 0 Å². The highest BCUT2D eigenvalue weighted by atomic mass is 32.2. The predicted octanol–water partition coefficient (Wildman–Crippen LogP) is 3.60. The molecule has 1 aromatic heterocycles. The van der Waals surface area contributed by atoms with Crippen LogP contribution in [0.4, 0.5) is 0 Å². The Balaban J connectivity index is 1.03. The van der Waals surface area contributed by atoms with E-state index < -0.39 is 0 Å². The fraction of sp³-hybridized carbons (Fsp3) is 0.320. The van der Waals surface area contributed by atoms with Crippen LogP contribution >= 0.6 is 11.8 Å². The van der Waals surface area contributed by atoms with Gasteiger partial charge in [0.1, 0.15) is 0 Å². The van der Waals surface area contributed by atoms with Crippen molar-refractivity contribution < 1.29 is 14.3 Å². The van der Waals surface area contributed by atoms with Gasteiger partial charge < -0.3 is 14.8 Å². The van der Waals surface area contributed by atoms with Crippen molar-refractivity contribution in [2.24, 2.45) is 5.92 Å². The number of likely N-dealkylation sites (tertiary alicyclic amines) is 1. The second kappa shape index (κ2) is 10.2. The Bertz CT molecular complexity index is 1090. The van der Waals surface area contributed by atoms with Crippen LogP contribution in [0.5, 0.6) is 11.5 Å². The summed E-state index contributed by atoms with van der Waals surface area (Å²) >= 11 is 1.36. The standard InChI is InChI=1S/C25H26N4O3S/c30-24(16-33-25-27-12-21(13-28-25)20-4-2-1-3-5-20)26-11-19-8-9-29(15-19)14-18-6-7-22-23(10-18)32-17-31-22/h1-7,10,12-13,19H,8-9,11,14-17H2,(H,26,30). The molecule has 1 atom stereocenters. The molecule has 2 aliphatic rings. The second-order valence-corrected chi connectivity index (χ2v) is 9.23. The molecule has 1 fully saturated rings. The third kappa shape index (κ3) is 5.64. The summed E-state index contributed by atoms with van der Waals surface area (Å²) in [5, 5.41) is 3.68. The normalized spacial score (nSPS) is 17.3. The maximum absolute atomic E-state index is 12.3. The van der Waals surface area contributed by atoms with Crippen LogP contribution in [0.1, 0.15) is 12.0 Å². The van der Waals surface area contributed by atoms with Crippen molar-refractivity contribution in [3.63, 3.8) is 0 Å². The number of fused-ring (bicyclic) bond motifs is 1. The molecule has 1 unspecified atom stereocenters. The smallest absolute Gasteiger partial charge is 0.231 e. The van der Waals surface area contributed by atoms with Crippen LogP contribution in [-0.4, -0.2) is 53.0 Å². The summed E-state index contributed by atoms with van der Waals surface area (Å²) in [7, 11) is 0. The Morgan fingerprint density at radius 3 is 2.73 bits per heavy atom. The highest BCUT2D eigenvalue weighted by Crippen LogP contribution is 2.33. The number of rotatable bonds is 8. The van der Waals surface area contributed by atoms with E-state index in [0.29, 0.717) is 30.2 Å². The summed E-state index contributed by atoms with van der Waals surface area (Å²) in [6.07, 6.45) is 4.69. The van der Waals surface area contributed by atoms with Crippen molar-refractivity contribution in [1.82, 2.24) is 20.2 Å². The molecule has 0 saturated carbocycles. The molecule has 3 aromatic rings. The van der Waals surface area contributed by atoms with Crippen LogP contribution in [0.15, 0.2) is 66.1 Å². The highest BCUT2D eigenvalue weighted by molar-refractivity contribution is 7.99. The zero-order valence-corrected chi connectivity index (χ0v) is 19.1. The van der Waals surface area contributed by atoms with Crippen LogP contribution in [-0.2, 0) is 11.3 Å². The quantitative estimate of drug-likeness (QED) is 0.405. The number of nitrogens with zero attached hydrogens (tertiary/aromatic N) is 3. The molecule has 5 rings (SSSR count). The van der Waals surface area contributed by atoms with Gasteiger partial charge in [-0.3, -0.25) is 9.69 Å². The summed E-state index contributed by atoms with van der Waals surface area (Å²) in [5.41, 5.74) is 3.27. The first kappa shape index (κ1) is 21.7. The van der Waals surface area contributed by atoms with Crippen LogP contribution in [0.25, 0.3) is 11.1 Å². The molecule has 2 aliphatic heterocycles. The maximum Gasteiger partial charge on any atom is 0.231 e. The largest absolute Gasteiger partial charge is 0.454 e. The second-order valence-electron chi connectivity index (χ2n) is 8.29. The average Bonchev–Trinajstić information content (AvgIpc) is 3.51. The maximum atomic E-state index is 12.3. The molecule has 0 radical (unpaired) electrons. The molecule has 1 N–H and O–H groups in total. The molecular weight excluding hydrogens is 436 g/mol. The van der Waals surface area contributed by atoms with Crippen molar-refractivity contribution in [2.75, 3.05) is 32.2 Å². The third-order valence-corrected chi connectivity index (χ3v) is 6.74. The molecule has 0 bridgehead atoms. The molecule has 170 valence electrons. The molecular formula is C25H26N4O3S. The Labute approximate surface area is 197 Å². The van der Waals surface area contributed by atoms with Gasteiger partial charge in [0.25, 0.3) is 0 Å². The van der Waals surface area contributed by atoms with Crippen molar-refractivity contribution in [3.05, 3.63) is 66.5 Å². The van der Waals surface area contributed by atoms with E-state index in [1.54, 1.807) is 12.4 Å². The van der Waals surface area contributed by atoms with Crippen molar-refractivity contribution in [2.45, 2.75) is 18.1 Å². The SMILES string of the molecule is O=C(CSc1ncc(-c2ccccc2)cn1)NCC1CCN(Cc2ccc3c(c2)OCO3)C1. The van der Waals surface area contributed by atoms with Gasteiger partial charge in [-0.15, -0.1) is 0 Å². The van der Waals surface area contributed by atoms with E-state index in [1.165, 1.54) is 17.3 Å². The Kier molecular flexibility index (Phi) is 6.73. The first-order chi connectivity index (χ1) is 16.2. The van der Waals surface area contributed by atoms with Gasteiger partial charge in [0.05, 0.1) is 5.75 Å². The van der Waals surface area contributed by atoms with E-state index in [4.69, 9.17) is 9.47 Å². The molecule has 0 spiro atoms. The molecule has 2 aromatic carbocycles. The number of carbonyl (C=O) groups is 1. The fourth-order valence-electron chi connectivity index (χ4n) is 4.13. The summed E-state index contributed by atoms with van der Waals surface area (Å²) in [6, 6.07) is 16.1. The Morgan fingerprint density at radius 1 is 1.06 bits per heavy atom. The summed E-state index contributed by atoms with van der Waals surface area (Å²) in [4.78, 5) is 23.5. The molecule has 7 nitrogen and oxygen atoms in total. The lowest BCUT2D eigenvalue weighted by Crippen LogP contribution is -2.32. The van der Waals surface area contributed by atoms with E-state index in [9.17, 15) is 4.79 Å². The van der Waals surface area contributed by atoms with Gasteiger partial charge in [0.15, 0.2) is 16.7 Å². The minimum absolute atomic E-state index is 0.0185. The number of hydrogen-bond acceptors (Lipinski definition) is 7. The van der Waals surface area contributed by atoms with Crippen molar-refractivity contribution >= 4 is 17.7 Å². The number of benzene rings is 2. The first-order valence-electron chi connectivity index (χ1n) is 11.1. The van der Waals surface area contributed by atoms with Crippen LogP contribution in [0.2, 0.25) is 0 Å². The summed E-state index contributed by atoms with van der Waals surface area (Å²) < 4.78 is 10.9. The number of aromatic nitrogens is 2. The topological polar surface area (TPSA) is 76.6 Å².